The number of rotatable bonds is 3. The lowest BCUT2D eigenvalue weighted by Gasteiger charge is -1.97. The molecule has 1 N–H and O–H groups in total. The van der Waals surface area contributed by atoms with Crippen LogP contribution in [0.5, 0.6) is 0 Å². The lowest BCUT2D eigenvalue weighted by molar-refractivity contribution is 0.743. The maximum absolute atomic E-state index is 4.22. The number of hydrogen-bond donors (Lipinski definition) is 1. The van der Waals surface area contributed by atoms with E-state index in [1.54, 1.807) is 15.7 Å². The number of nitrogens with one attached hydrogen (secondary N) is 1. The van der Waals surface area contributed by atoms with Gasteiger partial charge in [-0.2, -0.15) is 5.10 Å². The normalized spacial score (nSPS) is 10.4. The molecule has 0 aliphatic heterocycles. The van der Waals surface area contributed by atoms with E-state index in [1.807, 2.05) is 26.4 Å². The van der Waals surface area contributed by atoms with Gasteiger partial charge >= 0.3 is 0 Å². The average Bonchev–Trinajstić information content (AvgIpc) is 2.72. The molecule has 14 heavy (non-hydrogen) atoms. The van der Waals surface area contributed by atoms with E-state index in [0.29, 0.717) is 12.5 Å². The minimum atomic E-state index is 0.623. The van der Waals surface area contributed by atoms with Gasteiger partial charge in [0.2, 0.25) is 5.95 Å². The van der Waals surface area contributed by atoms with Gasteiger partial charge in [-0.05, 0) is 6.07 Å². The number of aromatic nitrogens is 5. The summed E-state index contributed by atoms with van der Waals surface area (Å²) in [4.78, 5) is 4.04. The van der Waals surface area contributed by atoms with Gasteiger partial charge in [-0.15, -0.1) is 5.10 Å². The van der Waals surface area contributed by atoms with Crippen LogP contribution >= 0.6 is 0 Å². The fourth-order valence-corrected chi connectivity index (χ4v) is 1.15. The molecular formula is C8H12N6. The van der Waals surface area contributed by atoms with Gasteiger partial charge in [0.25, 0.3) is 0 Å². The average molecular weight is 192 g/mol. The zero-order valence-corrected chi connectivity index (χ0v) is 8.18. The van der Waals surface area contributed by atoms with Crippen molar-refractivity contribution in [2.75, 3.05) is 5.32 Å². The first-order chi connectivity index (χ1) is 6.74. The highest BCUT2D eigenvalue weighted by Gasteiger charge is 1.99. The Morgan fingerprint density at radius 1 is 1.29 bits per heavy atom. The van der Waals surface area contributed by atoms with Gasteiger partial charge in [0, 0.05) is 20.3 Å². The molecule has 2 aromatic heterocycles. The third-order valence-electron chi connectivity index (χ3n) is 1.80. The maximum atomic E-state index is 4.22. The lowest BCUT2D eigenvalue weighted by atomic mass is 10.4. The second-order valence-electron chi connectivity index (χ2n) is 3.08. The van der Waals surface area contributed by atoms with E-state index in [9.17, 15) is 0 Å². The Bertz CT molecular complexity index is 375. The standard InChI is InChI=1S/C8H12N6/c1-13-4-3-7(11-13)5-9-8-10-6-14(2)12-8/h3-4,6H,5H2,1-2H3,(H,9,12). The first kappa shape index (κ1) is 8.74. The van der Waals surface area contributed by atoms with Crippen molar-refractivity contribution in [1.82, 2.24) is 24.5 Å². The molecular weight excluding hydrogens is 180 g/mol. The molecule has 0 aromatic carbocycles. The zero-order valence-electron chi connectivity index (χ0n) is 8.18. The van der Waals surface area contributed by atoms with Crippen LogP contribution in [-0.4, -0.2) is 24.5 Å². The summed E-state index contributed by atoms with van der Waals surface area (Å²) in [6.45, 7) is 0.644. The molecule has 0 fully saturated rings. The summed E-state index contributed by atoms with van der Waals surface area (Å²) in [6, 6.07) is 1.95. The minimum Gasteiger partial charge on any atom is -0.347 e. The Labute approximate surface area is 81.6 Å². The van der Waals surface area contributed by atoms with Gasteiger partial charge in [0.1, 0.15) is 6.33 Å². The highest BCUT2D eigenvalue weighted by Crippen LogP contribution is 1.99. The molecule has 0 aliphatic rings. The minimum absolute atomic E-state index is 0.623. The third-order valence-corrected chi connectivity index (χ3v) is 1.80. The van der Waals surface area contributed by atoms with Crippen molar-refractivity contribution >= 4 is 5.95 Å². The molecule has 0 atom stereocenters. The van der Waals surface area contributed by atoms with Gasteiger partial charge < -0.3 is 5.32 Å². The molecule has 0 saturated heterocycles. The number of hydrogen-bond acceptors (Lipinski definition) is 4. The van der Waals surface area contributed by atoms with E-state index < -0.39 is 0 Å². The van der Waals surface area contributed by atoms with E-state index in [1.165, 1.54) is 0 Å². The van der Waals surface area contributed by atoms with Gasteiger partial charge in [-0.1, -0.05) is 0 Å². The van der Waals surface area contributed by atoms with Crippen molar-refractivity contribution in [3.63, 3.8) is 0 Å². The number of aryl methyl sites for hydroxylation is 2. The molecule has 0 unspecified atom stereocenters. The van der Waals surface area contributed by atoms with Crippen molar-refractivity contribution in [2.24, 2.45) is 14.1 Å². The van der Waals surface area contributed by atoms with Crippen molar-refractivity contribution in [2.45, 2.75) is 6.54 Å². The monoisotopic (exact) mass is 192 g/mol. The smallest absolute Gasteiger partial charge is 0.242 e. The van der Waals surface area contributed by atoms with Crippen LogP contribution in [0, 0.1) is 0 Å². The Morgan fingerprint density at radius 3 is 2.71 bits per heavy atom. The second-order valence-corrected chi connectivity index (χ2v) is 3.08. The summed E-state index contributed by atoms with van der Waals surface area (Å²) in [5.74, 6) is 0.623. The second kappa shape index (κ2) is 3.49. The first-order valence-electron chi connectivity index (χ1n) is 4.32. The lowest BCUT2D eigenvalue weighted by Crippen LogP contribution is -2.03. The molecule has 0 aliphatic carbocycles. The van der Waals surface area contributed by atoms with Crippen molar-refractivity contribution in [3.05, 3.63) is 24.3 Å². The Morgan fingerprint density at radius 2 is 2.14 bits per heavy atom. The predicted octanol–water partition coefficient (Wildman–Crippen LogP) is 0.161. The van der Waals surface area contributed by atoms with Crippen LogP contribution in [0.2, 0.25) is 0 Å². The molecule has 0 saturated carbocycles. The number of nitrogens with zero attached hydrogens (tertiary/aromatic N) is 5. The Hall–Kier alpha value is -1.85. The SMILES string of the molecule is Cn1ccc(CNc2ncn(C)n2)n1. The van der Waals surface area contributed by atoms with Crippen molar-refractivity contribution in [3.8, 4) is 0 Å². The molecule has 0 amide bonds. The van der Waals surface area contributed by atoms with Crippen LogP contribution in [0.1, 0.15) is 5.69 Å². The molecule has 2 rings (SSSR count). The highest BCUT2D eigenvalue weighted by atomic mass is 15.4. The Balaban J connectivity index is 1.94. The molecule has 6 nitrogen and oxygen atoms in total. The van der Waals surface area contributed by atoms with Crippen LogP contribution in [0.3, 0.4) is 0 Å². The Kier molecular flexibility index (Phi) is 2.18. The number of anilines is 1. The van der Waals surface area contributed by atoms with Gasteiger partial charge in [0.15, 0.2) is 0 Å². The van der Waals surface area contributed by atoms with Gasteiger partial charge in [0.05, 0.1) is 12.2 Å². The van der Waals surface area contributed by atoms with Crippen LogP contribution in [0.15, 0.2) is 18.6 Å². The summed E-state index contributed by atoms with van der Waals surface area (Å²) in [7, 11) is 3.72. The van der Waals surface area contributed by atoms with Gasteiger partial charge in [-0.25, -0.2) is 4.98 Å². The van der Waals surface area contributed by atoms with Crippen LogP contribution in [0.4, 0.5) is 5.95 Å². The van der Waals surface area contributed by atoms with E-state index in [2.05, 4.69) is 20.5 Å². The van der Waals surface area contributed by atoms with Crippen molar-refractivity contribution < 1.29 is 0 Å². The topological polar surface area (TPSA) is 60.6 Å². The van der Waals surface area contributed by atoms with E-state index >= 15 is 0 Å². The fraction of sp³-hybridized carbons (Fsp3) is 0.375. The molecule has 74 valence electrons. The van der Waals surface area contributed by atoms with E-state index in [-0.39, 0.29) is 0 Å². The fourth-order valence-electron chi connectivity index (χ4n) is 1.15. The third kappa shape index (κ3) is 1.90. The zero-order chi connectivity index (χ0) is 9.97. The van der Waals surface area contributed by atoms with Crippen LogP contribution < -0.4 is 5.32 Å². The summed E-state index contributed by atoms with van der Waals surface area (Å²) >= 11 is 0. The molecule has 0 spiro atoms. The molecule has 2 heterocycles. The molecule has 0 radical (unpaired) electrons. The highest BCUT2D eigenvalue weighted by molar-refractivity contribution is 5.22. The summed E-state index contributed by atoms with van der Waals surface area (Å²) in [5.41, 5.74) is 0.972. The molecule has 2 aromatic rings. The predicted molar refractivity (Wildman–Crippen MR) is 51.5 cm³/mol. The molecule has 0 bridgehead atoms. The summed E-state index contributed by atoms with van der Waals surface area (Å²) in [6.07, 6.45) is 3.56. The maximum Gasteiger partial charge on any atom is 0.242 e. The first-order valence-corrected chi connectivity index (χ1v) is 4.32. The van der Waals surface area contributed by atoms with Crippen LogP contribution in [0.25, 0.3) is 0 Å². The largest absolute Gasteiger partial charge is 0.347 e. The molecule has 6 heteroatoms. The van der Waals surface area contributed by atoms with E-state index in [4.69, 9.17) is 0 Å². The quantitative estimate of drug-likeness (QED) is 0.752. The van der Waals surface area contributed by atoms with Crippen LogP contribution in [-0.2, 0) is 20.6 Å². The van der Waals surface area contributed by atoms with Crippen molar-refractivity contribution in [1.29, 1.82) is 0 Å². The van der Waals surface area contributed by atoms with Gasteiger partial charge in [-0.3, -0.25) is 9.36 Å². The summed E-state index contributed by atoms with van der Waals surface area (Å²) < 4.78 is 3.42. The van der Waals surface area contributed by atoms with E-state index in [0.717, 1.165) is 5.69 Å². The summed E-state index contributed by atoms with van der Waals surface area (Å²) in [5, 5.41) is 11.4.